The van der Waals surface area contributed by atoms with Gasteiger partial charge in [-0.2, -0.15) is 5.10 Å². The van der Waals surface area contributed by atoms with Crippen molar-refractivity contribution in [2.24, 2.45) is 5.10 Å². The number of hydrogen-bond donors (Lipinski definition) is 1. The van der Waals surface area contributed by atoms with Crippen LogP contribution in [0.4, 0.5) is 5.69 Å². The minimum atomic E-state index is -4.01. The monoisotopic (exact) mass is 533 g/mol. The molecule has 0 radical (unpaired) electrons. The van der Waals surface area contributed by atoms with Crippen LogP contribution >= 0.6 is 27.5 Å². The fraction of sp³-hybridized carbons (Fsp3) is 0.130. The number of sulfonamides is 1. The molecule has 6 nitrogen and oxygen atoms in total. The van der Waals surface area contributed by atoms with E-state index in [1.165, 1.54) is 18.2 Å². The zero-order valence-corrected chi connectivity index (χ0v) is 20.6. The van der Waals surface area contributed by atoms with E-state index in [0.717, 1.165) is 19.9 Å². The Balaban J connectivity index is 1.88. The van der Waals surface area contributed by atoms with E-state index in [-0.39, 0.29) is 10.6 Å². The zero-order chi connectivity index (χ0) is 23.3. The Morgan fingerprint density at radius 3 is 2.34 bits per heavy atom. The fourth-order valence-electron chi connectivity index (χ4n) is 2.84. The summed E-state index contributed by atoms with van der Waals surface area (Å²) in [6.45, 7) is 3.10. The van der Waals surface area contributed by atoms with Crippen molar-refractivity contribution >= 4 is 54.9 Å². The number of nitrogens with zero attached hydrogens (tertiary/aromatic N) is 2. The lowest BCUT2D eigenvalue weighted by atomic mass is 10.1. The molecule has 0 aliphatic heterocycles. The van der Waals surface area contributed by atoms with E-state index in [4.69, 9.17) is 11.6 Å². The minimum absolute atomic E-state index is 0.0686. The number of carbonyl (C=O) groups excluding carboxylic acids is 1. The van der Waals surface area contributed by atoms with E-state index in [0.29, 0.717) is 10.7 Å². The van der Waals surface area contributed by atoms with Crippen molar-refractivity contribution in [3.05, 3.63) is 93.4 Å². The van der Waals surface area contributed by atoms with Gasteiger partial charge >= 0.3 is 0 Å². The summed E-state index contributed by atoms with van der Waals surface area (Å²) in [6.07, 6.45) is 0. The van der Waals surface area contributed by atoms with Crippen molar-refractivity contribution in [2.45, 2.75) is 18.7 Å². The lowest BCUT2D eigenvalue weighted by Crippen LogP contribution is -2.39. The lowest BCUT2D eigenvalue weighted by molar-refractivity contribution is -0.119. The molecule has 3 aromatic rings. The first-order valence-electron chi connectivity index (χ1n) is 9.61. The van der Waals surface area contributed by atoms with E-state index in [9.17, 15) is 13.2 Å². The van der Waals surface area contributed by atoms with Crippen LogP contribution in [0.1, 0.15) is 18.1 Å². The van der Waals surface area contributed by atoms with E-state index in [1.54, 1.807) is 37.3 Å². The highest BCUT2D eigenvalue weighted by Crippen LogP contribution is 2.27. The first kappa shape index (κ1) is 24.0. The largest absolute Gasteiger partial charge is 0.271 e. The summed E-state index contributed by atoms with van der Waals surface area (Å²) >= 11 is 9.60. The van der Waals surface area contributed by atoms with Gasteiger partial charge in [0.2, 0.25) is 0 Å². The Bertz CT molecular complexity index is 1250. The number of hydrazone groups is 1. The number of rotatable bonds is 7. The minimum Gasteiger partial charge on any atom is -0.271 e. The predicted octanol–water partition coefficient (Wildman–Crippen LogP) is 5.15. The molecule has 9 heteroatoms. The summed E-state index contributed by atoms with van der Waals surface area (Å²) < 4.78 is 28.6. The molecule has 1 amide bonds. The average Bonchev–Trinajstić information content (AvgIpc) is 2.78. The van der Waals surface area contributed by atoms with Gasteiger partial charge in [-0.1, -0.05) is 63.9 Å². The van der Waals surface area contributed by atoms with Crippen LogP contribution in [0.15, 0.2) is 87.3 Å². The molecule has 0 spiro atoms. The third-order valence-electron chi connectivity index (χ3n) is 4.67. The molecule has 0 saturated carbocycles. The third kappa shape index (κ3) is 5.76. The molecular weight excluding hydrogens is 514 g/mol. The molecule has 0 fully saturated rings. The first-order valence-corrected chi connectivity index (χ1v) is 12.2. The Hall–Kier alpha value is -2.68. The molecule has 0 atom stereocenters. The Morgan fingerprint density at radius 2 is 1.72 bits per heavy atom. The molecule has 0 aliphatic carbocycles. The van der Waals surface area contributed by atoms with Crippen molar-refractivity contribution < 1.29 is 13.2 Å². The number of aryl methyl sites for hydroxylation is 1. The van der Waals surface area contributed by atoms with Crippen molar-refractivity contribution in [3.63, 3.8) is 0 Å². The topological polar surface area (TPSA) is 78.8 Å². The van der Waals surface area contributed by atoms with E-state index >= 15 is 0 Å². The maximum Gasteiger partial charge on any atom is 0.264 e. The third-order valence-corrected chi connectivity index (χ3v) is 7.40. The lowest BCUT2D eigenvalue weighted by Gasteiger charge is -2.24. The van der Waals surface area contributed by atoms with Crippen LogP contribution in [-0.2, 0) is 14.8 Å². The maximum absolute atomic E-state index is 13.3. The molecule has 3 aromatic carbocycles. The van der Waals surface area contributed by atoms with Crippen LogP contribution in [0.2, 0.25) is 5.02 Å². The van der Waals surface area contributed by atoms with Gasteiger partial charge in [0, 0.05) is 9.50 Å². The zero-order valence-electron chi connectivity index (χ0n) is 17.4. The number of benzene rings is 3. The molecule has 3 rings (SSSR count). The van der Waals surface area contributed by atoms with Crippen LogP contribution in [0.3, 0.4) is 0 Å². The fourth-order valence-corrected chi connectivity index (χ4v) is 4.71. The Kier molecular flexibility index (Phi) is 7.71. The second kappa shape index (κ2) is 10.3. The summed E-state index contributed by atoms with van der Waals surface area (Å²) in [4.78, 5) is 12.8. The van der Waals surface area contributed by atoms with Gasteiger partial charge in [0.05, 0.1) is 16.3 Å². The molecule has 0 saturated heterocycles. The van der Waals surface area contributed by atoms with Gasteiger partial charge in [-0.15, -0.1) is 0 Å². The molecule has 1 N–H and O–H groups in total. The quantitative estimate of drug-likeness (QED) is 0.336. The van der Waals surface area contributed by atoms with Crippen molar-refractivity contribution in [2.75, 3.05) is 10.8 Å². The van der Waals surface area contributed by atoms with Gasteiger partial charge in [0.15, 0.2) is 0 Å². The number of carbonyl (C=O) groups is 1. The summed E-state index contributed by atoms with van der Waals surface area (Å²) in [5, 5.41) is 4.51. The van der Waals surface area contributed by atoms with E-state index < -0.39 is 22.5 Å². The number of hydrogen-bond acceptors (Lipinski definition) is 4. The van der Waals surface area contributed by atoms with Crippen LogP contribution in [0.25, 0.3) is 0 Å². The van der Waals surface area contributed by atoms with Crippen LogP contribution in [0.5, 0.6) is 0 Å². The maximum atomic E-state index is 13.3. The standard InChI is InChI=1S/C23H21BrClN3O3S/c1-16-8-13-20(14-22(16)25)28(32(30,31)21-6-4-3-5-7-21)15-23(29)27-26-17(2)18-9-11-19(24)12-10-18/h3-14H,15H2,1-2H3,(H,27,29)/b26-17+. The molecule has 32 heavy (non-hydrogen) atoms. The highest BCUT2D eigenvalue weighted by molar-refractivity contribution is 9.10. The Morgan fingerprint density at radius 1 is 1.06 bits per heavy atom. The second-order valence-electron chi connectivity index (χ2n) is 7.00. The van der Waals surface area contributed by atoms with Gasteiger partial charge in [0.1, 0.15) is 6.54 Å². The highest BCUT2D eigenvalue weighted by atomic mass is 79.9. The van der Waals surface area contributed by atoms with Crippen molar-refractivity contribution in [1.82, 2.24) is 5.43 Å². The second-order valence-corrected chi connectivity index (χ2v) is 10.2. The van der Waals surface area contributed by atoms with Gasteiger partial charge in [-0.25, -0.2) is 13.8 Å². The van der Waals surface area contributed by atoms with Crippen molar-refractivity contribution in [3.8, 4) is 0 Å². The van der Waals surface area contributed by atoms with E-state index in [1.807, 2.05) is 31.2 Å². The van der Waals surface area contributed by atoms with Gasteiger partial charge in [0.25, 0.3) is 15.9 Å². The number of nitrogens with one attached hydrogen (secondary N) is 1. The molecule has 0 unspecified atom stereocenters. The SMILES string of the molecule is C/C(=N\NC(=O)CN(c1ccc(C)c(Cl)c1)S(=O)(=O)c1ccccc1)c1ccc(Br)cc1. The highest BCUT2D eigenvalue weighted by Gasteiger charge is 2.27. The predicted molar refractivity (Wildman–Crippen MR) is 132 cm³/mol. The number of halogens is 2. The average molecular weight is 535 g/mol. The smallest absolute Gasteiger partial charge is 0.264 e. The molecule has 0 bridgehead atoms. The summed E-state index contributed by atoms with van der Waals surface area (Å²) in [7, 11) is -4.01. The summed E-state index contributed by atoms with van der Waals surface area (Å²) in [5.41, 5.74) is 4.94. The van der Waals surface area contributed by atoms with E-state index in [2.05, 4.69) is 26.5 Å². The molecule has 0 heterocycles. The van der Waals surface area contributed by atoms with Crippen LogP contribution < -0.4 is 9.73 Å². The van der Waals surface area contributed by atoms with Gasteiger partial charge in [-0.05, 0) is 61.4 Å². The summed E-state index contributed by atoms with van der Waals surface area (Å²) in [6, 6.07) is 20.2. The van der Waals surface area contributed by atoms with Gasteiger partial charge < -0.3 is 0 Å². The summed E-state index contributed by atoms with van der Waals surface area (Å²) in [5.74, 6) is -0.585. The number of anilines is 1. The molecule has 166 valence electrons. The first-order chi connectivity index (χ1) is 15.2. The molecule has 0 aromatic heterocycles. The Labute approximate surface area is 201 Å². The normalized spacial score (nSPS) is 11.8. The van der Waals surface area contributed by atoms with Gasteiger partial charge in [-0.3, -0.25) is 9.10 Å². The van der Waals surface area contributed by atoms with Crippen LogP contribution in [-0.4, -0.2) is 26.6 Å². The van der Waals surface area contributed by atoms with Crippen LogP contribution in [0, 0.1) is 6.92 Å². The van der Waals surface area contributed by atoms with Crippen molar-refractivity contribution in [1.29, 1.82) is 0 Å². The molecule has 0 aliphatic rings. The number of amides is 1. The molecular formula is C23H21BrClN3O3S.